The molecule has 1 aliphatic rings. The predicted octanol–water partition coefficient (Wildman–Crippen LogP) is 2.37. The van der Waals surface area contributed by atoms with Gasteiger partial charge in [0.05, 0.1) is 5.92 Å². The lowest BCUT2D eigenvalue weighted by atomic mass is 10.3. The molecule has 0 aromatic heterocycles. The van der Waals surface area contributed by atoms with Crippen LogP contribution >= 0.6 is 0 Å². The molecular weight excluding hydrogens is 129 g/mol. The Bertz CT molecular complexity index is 125. The topological polar surface area (TPSA) is 0 Å². The van der Waals surface area contributed by atoms with Crippen molar-refractivity contribution in [3.05, 3.63) is 12.7 Å². The van der Waals surface area contributed by atoms with Crippen LogP contribution in [0.2, 0.25) is 0 Å². The van der Waals surface area contributed by atoms with Gasteiger partial charge in [0.15, 0.2) is 0 Å². The van der Waals surface area contributed by atoms with Gasteiger partial charge in [-0.15, -0.1) is 6.58 Å². The summed E-state index contributed by atoms with van der Waals surface area (Å²) in [5, 5.41) is 0. The van der Waals surface area contributed by atoms with E-state index in [1.165, 1.54) is 6.08 Å². The van der Waals surface area contributed by atoms with E-state index < -0.39 is 12.1 Å². The maximum Gasteiger partial charge on any atom is 0.392 e. The number of hydrogen-bond donors (Lipinski definition) is 0. The smallest absolute Gasteiger partial charge is 0.171 e. The van der Waals surface area contributed by atoms with Crippen molar-refractivity contribution in [2.24, 2.45) is 11.8 Å². The first kappa shape index (κ1) is 6.65. The van der Waals surface area contributed by atoms with Crippen LogP contribution in [-0.2, 0) is 0 Å². The molecule has 0 nitrogen and oxygen atoms in total. The Labute approximate surface area is 51.4 Å². The van der Waals surface area contributed by atoms with Gasteiger partial charge in [-0.2, -0.15) is 13.2 Å². The van der Waals surface area contributed by atoms with Crippen molar-refractivity contribution in [3.63, 3.8) is 0 Å². The molecule has 0 aromatic carbocycles. The number of halogens is 3. The zero-order valence-electron chi connectivity index (χ0n) is 4.78. The van der Waals surface area contributed by atoms with Crippen LogP contribution in [0.25, 0.3) is 0 Å². The van der Waals surface area contributed by atoms with Crippen LogP contribution in [0, 0.1) is 11.8 Å². The van der Waals surface area contributed by atoms with Gasteiger partial charge >= 0.3 is 6.18 Å². The molecule has 1 aliphatic carbocycles. The monoisotopic (exact) mass is 136 g/mol. The Balaban J connectivity index is 2.42. The first-order valence-corrected chi connectivity index (χ1v) is 2.75. The van der Waals surface area contributed by atoms with Crippen LogP contribution in [0.4, 0.5) is 13.2 Å². The van der Waals surface area contributed by atoms with Gasteiger partial charge in [0.1, 0.15) is 0 Å². The summed E-state index contributed by atoms with van der Waals surface area (Å²) in [6.45, 7) is 3.29. The summed E-state index contributed by atoms with van der Waals surface area (Å²) in [5.74, 6) is -1.39. The van der Waals surface area contributed by atoms with Gasteiger partial charge in [0.25, 0.3) is 0 Å². The molecule has 0 aromatic rings. The lowest BCUT2D eigenvalue weighted by molar-refractivity contribution is -0.149. The molecule has 0 heterocycles. The standard InChI is InChI=1S/C6H7F3/c1-2-4-3-5(4)6(7,8)9/h2,4-5H,1,3H2/t4-,5+/m1/s1. The zero-order chi connectivity index (χ0) is 7.07. The molecule has 0 spiro atoms. The molecule has 1 rings (SSSR count). The molecule has 1 fully saturated rings. The van der Waals surface area contributed by atoms with Crippen LogP contribution in [0.15, 0.2) is 12.7 Å². The van der Waals surface area contributed by atoms with Crippen molar-refractivity contribution in [2.45, 2.75) is 12.6 Å². The fourth-order valence-electron chi connectivity index (χ4n) is 0.852. The Morgan fingerprint density at radius 2 is 2.00 bits per heavy atom. The van der Waals surface area contributed by atoms with E-state index in [9.17, 15) is 13.2 Å². The fourth-order valence-corrected chi connectivity index (χ4v) is 0.852. The first-order chi connectivity index (χ1) is 4.05. The Morgan fingerprint density at radius 1 is 1.44 bits per heavy atom. The summed E-state index contributed by atoms with van der Waals surface area (Å²) in [7, 11) is 0. The molecule has 0 saturated heterocycles. The minimum absolute atomic E-state index is 0.243. The fraction of sp³-hybridized carbons (Fsp3) is 0.667. The maximum absolute atomic E-state index is 11.6. The quantitative estimate of drug-likeness (QED) is 0.485. The van der Waals surface area contributed by atoms with Crippen LogP contribution in [0.3, 0.4) is 0 Å². The minimum Gasteiger partial charge on any atom is -0.171 e. The van der Waals surface area contributed by atoms with Gasteiger partial charge in [-0.25, -0.2) is 0 Å². The Morgan fingerprint density at radius 3 is 2.11 bits per heavy atom. The predicted molar refractivity (Wildman–Crippen MR) is 27.8 cm³/mol. The third kappa shape index (κ3) is 1.26. The largest absolute Gasteiger partial charge is 0.392 e. The summed E-state index contributed by atoms with van der Waals surface area (Å²) in [5.41, 5.74) is 0. The van der Waals surface area contributed by atoms with Crippen molar-refractivity contribution in [1.29, 1.82) is 0 Å². The van der Waals surface area contributed by atoms with Crippen molar-refractivity contribution in [3.8, 4) is 0 Å². The van der Waals surface area contributed by atoms with Crippen LogP contribution in [0.1, 0.15) is 6.42 Å². The van der Waals surface area contributed by atoms with Gasteiger partial charge < -0.3 is 0 Å². The number of alkyl halides is 3. The number of allylic oxidation sites excluding steroid dienone is 1. The van der Waals surface area contributed by atoms with Crippen LogP contribution in [0.5, 0.6) is 0 Å². The van der Waals surface area contributed by atoms with Crippen LogP contribution in [-0.4, -0.2) is 6.18 Å². The molecular formula is C6H7F3. The molecule has 3 heteroatoms. The van der Waals surface area contributed by atoms with E-state index in [1.807, 2.05) is 0 Å². The Hall–Kier alpha value is -0.470. The van der Waals surface area contributed by atoms with E-state index >= 15 is 0 Å². The second kappa shape index (κ2) is 1.75. The molecule has 0 unspecified atom stereocenters. The average Bonchev–Trinajstić information content (AvgIpc) is 2.39. The van der Waals surface area contributed by atoms with Crippen molar-refractivity contribution >= 4 is 0 Å². The third-order valence-corrected chi connectivity index (χ3v) is 1.56. The van der Waals surface area contributed by atoms with Gasteiger partial charge in [0, 0.05) is 0 Å². The summed E-state index contributed by atoms with van der Waals surface area (Å²) in [6, 6.07) is 0. The van der Waals surface area contributed by atoms with Gasteiger partial charge in [-0.3, -0.25) is 0 Å². The van der Waals surface area contributed by atoms with E-state index in [-0.39, 0.29) is 12.3 Å². The normalized spacial score (nSPS) is 34.1. The highest BCUT2D eigenvalue weighted by atomic mass is 19.4. The minimum atomic E-state index is -3.99. The summed E-state index contributed by atoms with van der Waals surface area (Å²) in [4.78, 5) is 0. The van der Waals surface area contributed by atoms with E-state index in [4.69, 9.17) is 0 Å². The lowest BCUT2D eigenvalue weighted by Crippen LogP contribution is -2.11. The second-order valence-corrected chi connectivity index (χ2v) is 2.28. The summed E-state index contributed by atoms with van der Waals surface area (Å²) >= 11 is 0. The van der Waals surface area contributed by atoms with Crippen LogP contribution < -0.4 is 0 Å². The zero-order valence-corrected chi connectivity index (χ0v) is 4.78. The molecule has 2 atom stereocenters. The van der Waals surface area contributed by atoms with Gasteiger partial charge in [0.2, 0.25) is 0 Å². The molecule has 0 amide bonds. The molecule has 52 valence electrons. The van der Waals surface area contributed by atoms with E-state index in [2.05, 4.69) is 6.58 Å². The average molecular weight is 136 g/mol. The SMILES string of the molecule is C=C[C@@H]1C[C@@H]1C(F)(F)F. The number of hydrogen-bond acceptors (Lipinski definition) is 0. The molecule has 1 saturated carbocycles. The summed E-state index contributed by atoms with van der Waals surface area (Å²) in [6.07, 6.45) is -2.37. The molecule has 0 N–H and O–H groups in total. The van der Waals surface area contributed by atoms with Gasteiger partial charge in [-0.1, -0.05) is 6.08 Å². The third-order valence-electron chi connectivity index (χ3n) is 1.56. The number of rotatable bonds is 1. The highest BCUT2D eigenvalue weighted by molar-refractivity contribution is 5.01. The molecule has 0 bridgehead atoms. The second-order valence-electron chi connectivity index (χ2n) is 2.28. The highest BCUT2D eigenvalue weighted by Gasteiger charge is 2.54. The van der Waals surface area contributed by atoms with Crippen molar-refractivity contribution in [2.75, 3.05) is 0 Å². The maximum atomic E-state index is 11.6. The van der Waals surface area contributed by atoms with Crippen molar-refractivity contribution in [1.82, 2.24) is 0 Å². The Kier molecular flexibility index (Phi) is 1.30. The van der Waals surface area contributed by atoms with E-state index in [0.29, 0.717) is 0 Å². The van der Waals surface area contributed by atoms with Crippen molar-refractivity contribution < 1.29 is 13.2 Å². The van der Waals surface area contributed by atoms with E-state index in [0.717, 1.165) is 0 Å². The molecule has 0 radical (unpaired) electrons. The molecule has 0 aliphatic heterocycles. The first-order valence-electron chi connectivity index (χ1n) is 2.75. The molecule has 9 heavy (non-hydrogen) atoms. The highest BCUT2D eigenvalue weighted by Crippen LogP contribution is 2.50. The van der Waals surface area contributed by atoms with Gasteiger partial charge in [-0.05, 0) is 12.3 Å². The summed E-state index contributed by atoms with van der Waals surface area (Å²) < 4.78 is 34.9. The van der Waals surface area contributed by atoms with E-state index in [1.54, 1.807) is 0 Å². The lowest BCUT2D eigenvalue weighted by Gasteiger charge is -2.01.